The van der Waals surface area contributed by atoms with Crippen LogP contribution in [0.1, 0.15) is 32.7 Å². The third-order valence-corrected chi connectivity index (χ3v) is 5.59. The molecular weight excluding hydrogens is 370 g/mol. The number of anilines is 1. The number of carbonyl (C=O) groups is 1. The first-order valence-electron chi connectivity index (χ1n) is 9.50. The van der Waals surface area contributed by atoms with Crippen LogP contribution in [0.25, 0.3) is 11.4 Å². The number of aromatic nitrogens is 4. The number of carbonyl (C=O) groups excluding carboxylic acids is 1. The monoisotopic (exact) mass is 393 g/mol. The molecule has 0 radical (unpaired) electrons. The molecule has 0 bridgehead atoms. The first-order chi connectivity index (χ1) is 13.6. The number of para-hydroxylation sites is 1. The van der Waals surface area contributed by atoms with E-state index in [4.69, 9.17) is 0 Å². The van der Waals surface area contributed by atoms with Crippen molar-refractivity contribution in [3.63, 3.8) is 0 Å². The summed E-state index contributed by atoms with van der Waals surface area (Å²) in [5, 5.41) is 9.60. The second-order valence-corrected chi connectivity index (χ2v) is 8.07. The lowest BCUT2D eigenvalue weighted by Gasteiger charge is -2.26. The van der Waals surface area contributed by atoms with Crippen molar-refractivity contribution < 1.29 is 4.79 Å². The van der Waals surface area contributed by atoms with Gasteiger partial charge < -0.3 is 4.90 Å². The van der Waals surface area contributed by atoms with Crippen molar-refractivity contribution in [2.24, 2.45) is 0 Å². The van der Waals surface area contributed by atoms with Gasteiger partial charge in [0.1, 0.15) is 0 Å². The summed E-state index contributed by atoms with van der Waals surface area (Å²) >= 11 is 1.46. The van der Waals surface area contributed by atoms with Gasteiger partial charge >= 0.3 is 0 Å². The molecular formula is C21H23N5OS. The lowest BCUT2D eigenvalue weighted by molar-refractivity contribution is -0.116. The van der Waals surface area contributed by atoms with E-state index in [9.17, 15) is 4.79 Å². The maximum absolute atomic E-state index is 13.0. The average molecular weight is 394 g/mol. The van der Waals surface area contributed by atoms with Gasteiger partial charge in [0.05, 0.1) is 5.75 Å². The Kier molecular flexibility index (Phi) is 5.43. The number of nitrogens with zero attached hydrogens (tertiary/aromatic N) is 5. The zero-order valence-electron chi connectivity index (χ0n) is 16.0. The molecule has 4 rings (SSSR count). The minimum atomic E-state index is 0.0713. The number of benzene rings is 1. The maximum Gasteiger partial charge on any atom is 0.237 e. The molecule has 0 unspecified atom stereocenters. The third-order valence-electron chi connectivity index (χ3n) is 4.66. The molecule has 7 heteroatoms. The predicted molar refractivity (Wildman–Crippen MR) is 111 cm³/mol. The van der Waals surface area contributed by atoms with Crippen LogP contribution in [0.5, 0.6) is 0 Å². The van der Waals surface area contributed by atoms with Crippen LogP contribution in [-0.2, 0) is 4.79 Å². The summed E-state index contributed by atoms with van der Waals surface area (Å²) in [4.78, 5) is 18.9. The van der Waals surface area contributed by atoms with Crippen LogP contribution >= 0.6 is 11.8 Å². The van der Waals surface area contributed by atoms with Gasteiger partial charge in [0.25, 0.3) is 0 Å². The quantitative estimate of drug-likeness (QED) is 0.563. The molecule has 0 saturated heterocycles. The Morgan fingerprint density at radius 3 is 2.50 bits per heavy atom. The van der Waals surface area contributed by atoms with E-state index >= 15 is 0 Å². The van der Waals surface area contributed by atoms with Crippen LogP contribution in [0.3, 0.4) is 0 Å². The van der Waals surface area contributed by atoms with Crippen molar-refractivity contribution in [2.45, 2.75) is 43.9 Å². The summed E-state index contributed by atoms with van der Waals surface area (Å²) in [7, 11) is 0. The number of hydrogen-bond donors (Lipinski definition) is 0. The van der Waals surface area contributed by atoms with Crippen molar-refractivity contribution in [2.75, 3.05) is 10.7 Å². The molecule has 3 aromatic rings. The molecule has 0 spiro atoms. The van der Waals surface area contributed by atoms with Gasteiger partial charge in [-0.2, -0.15) is 0 Å². The maximum atomic E-state index is 13.0. The highest BCUT2D eigenvalue weighted by molar-refractivity contribution is 7.99. The second-order valence-electron chi connectivity index (χ2n) is 7.12. The Morgan fingerprint density at radius 2 is 1.86 bits per heavy atom. The molecule has 1 aromatic carbocycles. The molecule has 1 fully saturated rings. The second kappa shape index (κ2) is 8.14. The van der Waals surface area contributed by atoms with Crippen LogP contribution in [-0.4, -0.2) is 37.5 Å². The Hall–Kier alpha value is -2.67. The highest BCUT2D eigenvalue weighted by Crippen LogP contribution is 2.41. The van der Waals surface area contributed by atoms with E-state index in [1.807, 2.05) is 61.2 Å². The van der Waals surface area contributed by atoms with Crippen molar-refractivity contribution in [1.82, 2.24) is 19.7 Å². The predicted octanol–water partition coefficient (Wildman–Crippen LogP) is 4.21. The molecule has 0 atom stereocenters. The molecule has 0 aliphatic heterocycles. The van der Waals surface area contributed by atoms with Gasteiger partial charge in [0.15, 0.2) is 11.0 Å². The van der Waals surface area contributed by atoms with Crippen LogP contribution in [0.15, 0.2) is 60.0 Å². The molecule has 2 aromatic heterocycles. The SMILES string of the molecule is CC(C)N(C(=O)CSc1nnc(-c2ccncc2)n1C1CC1)c1ccccc1. The van der Waals surface area contributed by atoms with Crippen molar-refractivity contribution >= 4 is 23.4 Å². The van der Waals surface area contributed by atoms with Gasteiger partial charge in [-0.15, -0.1) is 10.2 Å². The average Bonchev–Trinajstić information content (AvgIpc) is 3.46. The topological polar surface area (TPSA) is 63.9 Å². The summed E-state index contributed by atoms with van der Waals surface area (Å²) in [6.07, 6.45) is 5.77. The number of rotatable bonds is 7. The lowest BCUT2D eigenvalue weighted by Crippen LogP contribution is -2.38. The summed E-state index contributed by atoms with van der Waals surface area (Å²) in [5.74, 6) is 1.25. The summed E-state index contributed by atoms with van der Waals surface area (Å²) < 4.78 is 2.18. The van der Waals surface area contributed by atoms with E-state index in [0.717, 1.165) is 35.1 Å². The number of hydrogen-bond acceptors (Lipinski definition) is 5. The van der Waals surface area contributed by atoms with E-state index in [-0.39, 0.29) is 11.9 Å². The lowest BCUT2D eigenvalue weighted by atomic mass is 10.2. The Balaban J connectivity index is 1.53. The number of amides is 1. The molecule has 144 valence electrons. The van der Waals surface area contributed by atoms with E-state index in [2.05, 4.69) is 19.7 Å². The van der Waals surface area contributed by atoms with E-state index < -0.39 is 0 Å². The van der Waals surface area contributed by atoms with Crippen LogP contribution in [0.4, 0.5) is 5.69 Å². The summed E-state index contributed by atoms with van der Waals surface area (Å²) in [6, 6.07) is 14.2. The van der Waals surface area contributed by atoms with Gasteiger partial charge in [0.2, 0.25) is 5.91 Å². The van der Waals surface area contributed by atoms with Crippen molar-refractivity contribution in [3.8, 4) is 11.4 Å². The molecule has 1 saturated carbocycles. The number of thioether (sulfide) groups is 1. The van der Waals surface area contributed by atoms with Crippen molar-refractivity contribution in [3.05, 3.63) is 54.9 Å². The molecule has 0 N–H and O–H groups in total. The summed E-state index contributed by atoms with van der Waals surface area (Å²) in [5.41, 5.74) is 1.92. The zero-order chi connectivity index (χ0) is 19.5. The minimum absolute atomic E-state index is 0.0713. The Labute approximate surface area is 169 Å². The van der Waals surface area contributed by atoms with Gasteiger partial charge in [0, 0.05) is 35.7 Å². The summed E-state index contributed by atoms with van der Waals surface area (Å²) in [6.45, 7) is 4.06. The third kappa shape index (κ3) is 3.94. The standard InChI is InChI=1S/C21H23N5OS/c1-15(2)25(17-6-4-3-5-7-17)19(27)14-28-21-24-23-20(26(21)18-8-9-18)16-10-12-22-13-11-16/h3-7,10-13,15,18H,8-9,14H2,1-2H3. The van der Waals surface area contributed by atoms with Crippen LogP contribution in [0, 0.1) is 0 Å². The van der Waals surface area contributed by atoms with Crippen molar-refractivity contribution in [1.29, 1.82) is 0 Å². The number of pyridine rings is 1. The van der Waals surface area contributed by atoms with E-state index in [1.54, 1.807) is 12.4 Å². The molecule has 1 aliphatic rings. The molecule has 1 amide bonds. The first-order valence-corrected chi connectivity index (χ1v) is 10.5. The van der Waals surface area contributed by atoms with Gasteiger partial charge in [-0.05, 0) is 51.0 Å². The van der Waals surface area contributed by atoms with Crippen LogP contribution < -0.4 is 4.90 Å². The Bertz CT molecular complexity index is 938. The highest BCUT2D eigenvalue weighted by Gasteiger charge is 2.30. The van der Waals surface area contributed by atoms with E-state index in [0.29, 0.717) is 11.8 Å². The first kappa shape index (κ1) is 18.7. The van der Waals surface area contributed by atoms with Gasteiger partial charge in [-0.3, -0.25) is 14.3 Å². The smallest absolute Gasteiger partial charge is 0.237 e. The molecule has 6 nitrogen and oxygen atoms in total. The largest absolute Gasteiger partial charge is 0.309 e. The van der Waals surface area contributed by atoms with Gasteiger partial charge in [-0.25, -0.2) is 0 Å². The Morgan fingerprint density at radius 1 is 1.14 bits per heavy atom. The van der Waals surface area contributed by atoms with E-state index in [1.165, 1.54) is 11.8 Å². The minimum Gasteiger partial charge on any atom is -0.309 e. The van der Waals surface area contributed by atoms with Gasteiger partial charge in [-0.1, -0.05) is 30.0 Å². The molecule has 1 aliphatic carbocycles. The van der Waals surface area contributed by atoms with Crippen LogP contribution in [0.2, 0.25) is 0 Å². The fourth-order valence-electron chi connectivity index (χ4n) is 3.25. The fraction of sp³-hybridized carbons (Fsp3) is 0.333. The normalized spacial score (nSPS) is 13.7. The molecule has 28 heavy (non-hydrogen) atoms. The fourth-order valence-corrected chi connectivity index (χ4v) is 4.11. The molecule has 2 heterocycles. The zero-order valence-corrected chi connectivity index (χ0v) is 16.8. The highest BCUT2D eigenvalue weighted by atomic mass is 32.2.